The van der Waals surface area contributed by atoms with Gasteiger partial charge in [0.1, 0.15) is 0 Å². The highest BCUT2D eigenvalue weighted by Crippen LogP contribution is 2.23. The Morgan fingerprint density at radius 2 is 1.26 bits per heavy atom. The average molecular weight is 252 g/mol. The summed E-state index contributed by atoms with van der Waals surface area (Å²) in [7, 11) is 0. The van der Waals surface area contributed by atoms with Gasteiger partial charge in [0.05, 0.1) is 0 Å². The van der Waals surface area contributed by atoms with Crippen molar-refractivity contribution >= 4 is 0 Å². The zero-order valence-electron chi connectivity index (χ0n) is 11.2. The first-order chi connectivity index (χ1) is 9.36. The minimum Gasteiger partial charge on any atom is -0.329 e. The Morgan fingerprint density at radius 3 is 1.74 bits per heavy atom. The van der Waals surface area contributed by atoms with Crippen LogP contribution in [0.5, 0.6) is 0 Å². The average Bonchev–Trinajstić information content (AvgIpc) is 2.41. The Morgan fingerprint density at radius 1 is 0.789 bits per heavy atom. The summed E-state index contributed by atoms with van der Waals surface area (Å²) in [6, 6.07) is 17.5. The molecule has 0 aromatic heterocycles. The molecule has 0 saturated heterocycles. The van der Waals surface area contributed by atoms with Crippen LogP contribution in [0.1, 0.15) is 22.3 Å². The largest absolute Gasteiger partial charge is 0.329 e. The van der Waals surface area contributed by atoms with Crippen LogP contribution in [0.4, 0.5) is 0 Å². The van der Waals surface area contributed by atoms with E-state index in [1.54, 1.807) is 0 Å². The molecule has 2 N–H and O–H groups in total. The van der Waals surface area contributed by atoms with E-state index in [9.17, 15) is 0 Å². The lowest BCUT2D eigenvalue weighted by Gasteiger charge is -2.27. The maximum Gasteiger partial charge on any atom is 0.0240 e. The summed E-state index contributed by atoms with van der Waals surface area (Å²) in [5, 5.41) is 0. The number of fused-ring (bicyclic) bond motifs is 2. The SMILES string of the molecule is NCCN1Cc2ccccc2Cc2ccccc2C1. The van der Waals surface area contributed by atoms with Crippen molar-refractivity contribution in [2.45, 2.75) is 19.5 Å². The van der Waals surface area contributed by atoms with Gasteiger partial charge in [-0.2, -0.15) is 0 Å². The summed E-state index contributed by atoms with van der Waals surface area (Å²) >= 11 is 0. The van der Waals surface area contributed by atoms with Crippen LogP contribution in [0.15, 0.2) is 48.5 Å². The van der Waals surface area contributed by atoms with Crippen LogP contribution in [0, 0.1) is 0 Å². The summed E-state index contributed by atoms with van der Waals surface area (Å²) in [6.07, 6.45) is 1.04. The smallest absolute Gasteiger partial charge is 0.0240 e. The fourth-order valence-electron chi connectivity index (χ4n) is 2.85. The van der Waals surface area contributed by atoms with Crippen molar-refractivity contribution in [1.29, 1.82) is 0 Å². The molecule has 2 nitrogen and oxygen atoms in total. The molecule has 0 atom stereocenters. The van der Waals surface area contributed by atoms with E-state index >= 15 is 0 Å². The number of nitrogens with two attached hydrogens (primary N) is 1. The molecule has 0 radical (unpaired) electrons. The van der Waals surface area contributed by atoms with Crippen molar-refractivity contribution in [2.75, 3.05) is 13.1 Å². The van der Waals surface area contributed by atoms with Gasteiger partial charge in [-0.25, -0.2) is 0 Å². The Bertz CT molecular complexity index is 515. The van der Waals surface area contributed by atoms with Crippen molar-refractivity contribution in [3.05, 3.63) is 70.8 Å². The number of nitrogens with zero attached hydrogens (tertiary/aromatic N) is 1. The van der Waals surface area contributed by atoms with E-state index in [0.717, 1.165) is 26.1 Å². The molecule has 1 aliphatic rings. The zero-order chi connectivity index (χ0) is 13.1. The summed E-state index contributed by atoms with van der Waals surface area (Å²) in [5.41, 5.74) is 11.5. The molecule has 19 heavy (non-hydrogen) atoms. The van der Waals surface area contributed by atoms with Crippen molar-refractivity contribution in [1.82, 2.24) is 4.90 Å². The van der Waals surface area contributed by atoms with Gasteiger partial charge in [0.15, 0.2) is 0 Å². The van der Waals surface area contributed by atoms with Gasteiger partial charge in [0, 0.05) is 26.2 Å². The van der Waals surface area contributed by atoms with Crippen molar-refractivity contribution < 1.29 is 0 Å². The second-order valence-corrected chi connectivity index (χ2v) is 5.21. The van der Waals surface area contributed by atoms with E-state index < -0.39 is 0 Å². The normalized spacial score (nSPS) is 15.2. The van der Waals surface area contributed by atoms with E-state index in [1.807, 2.05) is 0 Å². The summed E-state index contributed by atoms with van der Waals surface area (Å²) in [4.78, 5) is 2.44. The number of rotatable bonds is 2. The molecular weight excluding hydrogens is 232 g/mol. The van der Waals surface area contributed by atoms with Crippen LogP contribution in [-0.2, 0) is 19.5 Å². The Labute approximate surface area is 114 Å². The molecule has 98 valence electrons. The highest BCUT2D eigenvalue weighted by atomic mass is 15.1. The molecule has 2 heteroatoms. The fraction of sp³-hybridized carbons (Fsp3) is 0.294. The molecule has 0 bridgehead atoms. The standard InChI is InChI=1S/C17H20N2/c18-9-10-19-12-16-7-3-1-5-14(16)11-15-6-2-4-8-17(15)13-19/h1-8H,9-13,18H2. The van der Waals surface area contributed by atoms with E-state index in [1.165, 1.54) is 22.3 Å². The Kier molecular flexibility index (Phi) is 3.62. The first-order valence-electron chi connectivity index (χ1n) is 6.93. The predicted octanol–water partition coefficient (Wildman–Crippen LogP) is 2.55. The van der Waals surface area contributed by atoms with Crippen LogP contribution < -0.4 is 5.73 Å². The quantitative estimate of drug-likeness (QED) is 0.890. The third-order valence-corrected chi connectivity index (χ3v) is 3.85. The van der Waals surface area contributed by atoms with E-state index in [0.29, 0.717) is 6.54 Å². The molecule has 2 aromatic rings. The molecule has 1 heterocycles. The highest BCUT2D eigenvalue weighted by Gasteiger charge is 2.15. The highest BCUT2D eigenvalue weighted by molar-refractivity contribution is 5.37. The van der Waals surface area contributed by atoms with Crippen molar-refractivity contribution in [2.24, 2.45) is 5.73 Å². The van der Waals surface area contributed by atoms with E-state index in [4.69, 9.17) is 5.73 Å². The molecule has 0 fully saturated rings. The molecule has 1 aliphatic heterocycles. The van der Waals surface area contributed by atoms with Gasteiger partial charge < -0.3 is 5.73 Å². The van der Waals surface area contributed by atoms with Gasteiger partial charge >= 0.3 is 0 Å². The molecule has 0 spiro atoms. The first-order valence-corrected chi connectivity index (χ1v) is 6.93. The van der Waals surface area contributed by atoms with E-state index in [2.05, 4.69) is 53.4 Å². The molecule has 0 unspecified atom stereocenters. The van der Waals surface area contributed by atoms with Gasteiger partial charge in [-0.15, -0.1) is 0 Å². The molecule has 0 amide bonds. The van der Waals surface area contributed by atoms with E-state index in [-0.39, 0.29) is 0 Å². The molecule has 0 saturated carbocycles. The second-order valence-electron chi connectivity index (χ2n) is 5.21. The fourth-order valence-corrected chi connectivity index (χ4v) is 2.85. The maximum absolute atomic E-state index is 5.75. The van der Waals surface area contributed by atoms with Gasteiger partial charge in [0.25, 0.3) is 0 Å². The lowest BCUT2D eigenvalue weighted by atomic mass is 9.94. The minimum absolute atomic E-state index is 0.713. The van der Waals surface area contributed by atoms with Gasteiger partial charge in [0.2, 0.25) is 0 Å². The number of benzene rings is 2. The Hall–Kier alpha value is -1.64. The lowest BCUT2D eigenvalue weighted by molar-refractivity contribution is 0.261. The molecule has 0 aliphatic carbocycles. The zero-order valence-corrected chi connectivity index (χ0v) is 11.2. The van der Waals surface area contributed by atoms with Gasteiger partial charge in [-0.05, 0) is 28.7 Å². The number of hydrogen-bond acceptors (Lipinski definition) is 2. The van der Waals surface area contributed by atoms with Crippen LogP contribution in [-0.4, -0.2) is 18.0 Å². The summed E-state index contributed by atoms with van der Waals surface area (Å²) < 4.78 is 0. The van der Waals surface area contributed by atoms with Crippen LogP contribution in [0.25, 0.3) is 0 Å². The van der Waals surface area contributed by atoms with Gasteiger partial charge in [-0.1, -0.05) is 48.5 Å². The van der Waals surface area contributed by atoms with Crippen LogP contribution in [0.2, 0.25) is 0 Å². The second kappa shape index (κ2) is 5.55. The molecular formula is C17H20N2. The predicted molar refractivity (Wildman–Crippen MR) is 78.9 cm³/mol. The van der Waals surface area contributed by atoms with Crippen molar-refractivity contribution in [3.63, 3.8) is 0 Å². The molecule has 2 aromatic carbocycles. The van der Waals surface area contributed by atoms with Crippen LogP contribution in [0.3, 0.4) is 0 Å². The molecule has 3 rings (SSSR count). The lowest BCUT2D eigenvalue weighted by Crippen LogP contribution is -2.30. The Balaban J connectivity index is 2.02. The minimum atomic E-state index is 0.713. The monoisotopic (exact) mass is 252 g/mol. The number of hydrogen-bond donors (Lipinski definition) is 1. The first kappa shape index (κ1) is 12.4. The third kappa shape index (κ3) is 2.70. The summed E-state index contributed by atoms with van der Waals surface area (Å²) in [5.74, 6) is 0. The van der Waals surface area contributed by atoms with Gasteiger partial charge in [-0.3, -0.25) is 4.90 Å². The summed E-state index contributed by atoms with van der Waals surface area (Å²) in [6.45, 7) is 3.66. The topological polar surface area (TPSA) is 29.3 Å². The van der Waals surface area contributed by atoms with Crippen LogP contribution >= 0.6 is 0 Å². The third-order valence-electron chi connectivity index (χ3n) is 3.85. The van der Waals surface area contributed by atoms with Crippen molar-refractivity contribution in [3.8, 4) is 0 Å². The maximum atomic E-state index is 5.75.